The monoisotopic (exact) mass is 269 g/mol. The molecule has 0 saturated carbocycles. The highest BCUT2D eigenvalue weighted by Gasteiger charge is 2.28. The highest BCUT2D eigenvalue weighted by molar-refractivity contribution is 6.33. The van der Waals surface area contributed by atoms with Crippen LogP contribution in [0.4, 0.5) is 5.69 Å². The second kappa shape index (κ2) is 5.06. The summed E-state index contributed by atoms with van der Waals surface area (Å²) in [6.07, 6.45) is 1.96. The molecule has 0 saturated heterocycles. The molecule has 1 heterocycles. The highest BCUT2D eigenvalue weighted by Crippen LogP contribution is 2.41. The van der Waals surface area contributed by atoms with E-state index < -0.39 is 5.97 Å². The highest BCUT2D eigenvalue weighted by atomic mass is 35.5. The van der Waals surface area contributed by atoms with Crippen LogP contribution < -0.4 is 9.64 Å². The van der Waals surface area contributed by atoms with E-state index in [2.05, 4.69) is 0 Å². The second-order valence-corrected chi connectivity index (χ2v) is 4.70. The minimum Gasteiger partial charge on any atom is -0.494 e. The SMILES string of the molecule is COC(=O)c1c(OC)c(Cl)cc2c1N(C)CCC2. The Morgan fingerprint density at radius 1 is 1.44 bits per heavy atom. The minimum atomic E-state index is -0.417. The van der Waals surface area contributed by atoms with E-state index in [1.54, 1.807) is 0 Å². The van der Waals surface area contributed by atoms with Crippen molar-refractivity contribution >= 4 is 23.3 Å². The number of nitrogens with zero attached hydrogens (tertiary/aromatic N) is 1. The van der Waals surface area contributed by atoms with Crippen LogP contribution in [0.1, 0.15) is 22.3 Å². The fourth-order valence-electron chi connectivity index (χ4n) is 2.41. The van der Waals surface area contributed by atoms with Crippen LogP contribution in [0.25, 0.3) is 0 Å². The molecule has 0 amide bonds. The average Bonchev–Trinajstić information content (AvgIpc) is 2.36. The van der Waals surface area contributed by atoms with Crippen molar-refractivity contribution in [3.63, 3.8) is 0 Å². The number of carbonyl (C=O) groups is 1. The van der Waals surface area contributed by atoms with E-state index in [0.717, 1.165) is 30.6 Å². The first-order valence-corrected chi connectivity index (χ1v) is 6.16. The number of anilines is 1. The van der Waals surface area contributed by atoms with E-state index >= 15 is 0 Å². The van der Waals surface area contributed by atoms with Crippen molar-refractivity contribution in [1.82, 2.24) is 0 Å². The first-order chi connectivity index (χ1) is 8.60. The summed E-state index contributed by atoms with van der Waals surface area (Å²) in [7, 11) is 4.82. The summed E-state index contributed by atoms with van der Waals surface area (Å²) in [5.74, 6) is -0.0321. The Hall–Kier alpha value is -1.42. The quantitative estimate of drug-likeness (QED) is 0.774. The normalized spacial score (nSPS) is 14.1. The lowest BCUT2D eigenvalue weighted by Crippen LogP contribution is -2.27. The number of hydrogen-bond donors (Lipinski definition) is 0. The summed E-state index contributed by atoms with van der Waals surface area (Å²) >= 11 is 6.16. The van der Waals surface area contributed by atoms with Gasteiger partial charge in [-0.25, -0.2) is 4.79 Å². The molecule has 1 aromatic rings. The van der Waals surface area contributed by atoms with Crippen molar-refractivity contribution in [2.45, 2.75) is 12.8 Å². The Morgan fingerprint density at radius 3 is 2.78 bits per heavy atom. The molecule has 1 aliphatic heterocycles. The van der Waals surface area contributed by atoms with E-state index in [1.165, 1.54) is 14.2 Å². The maximum absolute atomic E-state index is 12.0. The summed E-state index contributed by atoms with van der Waals surface area (Å²) in [4.78, 5) is 14.0. The summed E-state index contributed by atoms with van der Waals surface area (Å²) < 4.78 is 10.1. The van der Waals surface area contributed by atoms with Crippen LogP contribution >= 0.6 is 11.6 Å². The van der Waals surface area contributed by atoms with Gasteiger partial charge in [0.15, 0.2) is 5.75 Å². The topological polar surface area (TPSA) is 38.8 Å². The van der Waals surface area contributed by atoms with E-state index in [9.17, 15) is 4.79 Å². The first-order valence-electron chi connectivity index (χ1n) is 5.79. The van der Waals surface area contributed by atoms with Crippen molar-refractivity contribution < 1.29 is 14.3 Å². The Labute approximate surface area is 111 Å². The molecule has 1 aromatic carbocycles. The molecule has 0 radical (unpaired) electrons. The summed E-state index contributed by atoms with van der Waals surface area (Å²) in [6, 6.07) is 1.87. The van der Waals surface area contributed by atoms with Crippen LogP contribution in [0.3, 0.4) is 0 Å². The van der Waals surface area contributed by atoms with E-state index in [0.29, 0.717) is 16.3 Å². The molecule has 0 aliphatic carbocycles. The smallest absolute Gasteiger partial charge is 0.343 e. The number of methoxy groups -OCH3 is 2. The van der Waals surface area contributed by atoms with Gasteiger partial charge in [-0.2, -0.15) is 0 Å². The van der Waals surface area contributed by atoms with Crippen LogP contribution in [0, 0.1) is 0 Å². The third-order valence-corrected chi connectivity index (χ3v) is 3.48. The van der Waals surface area contributed by atoms with Gasteiger partial charge in [-0.1, -0.05) is 11.6 Å². The summed E-state index contributed by atoms with van der Waals surface area (Å²) in [5.41, 5.74) is 2.36. The molecule has 0 atom stereocenters. The number of fused-ring (bicyclic) bond motifs is 1. The van der Waals surface area contributed by atoms with Gasteiger partial charge in [-0.3, -0.25) is 0 Å². The molecule has 98 valence electrons. The van der Waals surface area contributed by atoms with E-state index in [4.69, 9.17) is 21.1 Å². The molecular weight excluding hydrogens is 254 g/mol. The minimum absolute atomic E-state index is 0.385. The average molecular weight is 270 g/mol. The van der Waals surface area contributed by atoms with Gasteiger partial charge in [0.05, 0.1) is 24.9 Å². The van der Waals surface area contributed by atoms with Crippen molar-refractivity contribution in [3.8, 4) is 5.75 Å². The summed E-state index contributed by atoms with van der Waals surface area (Å²) in [6.45, 7) is 0.905. The fourth-order valence-corrected chi connectivity index (χ4v) is 2.71. The maximum atomic E-state index is 12.0. The number of aryl methyl sites for hydroxylation is 1. The zero-order chi connectivity index (χ0) is 13.3. The van der Waals surface area contributed by atoms with Gasteiger partial charge in [0.2, 0.25) is 0 Å². The van der Waals surface area contributed by atoms with Crippen LogP contribution in [-0.2, 0) is 11.2 Å². The predicted molar refractivity (Wildman–Crippen MR) is 70.9 cm³/mol. The predicted octanol–water partition coefficient (Wildman–Crippen LogP) is 2.52. The number of halogens is 1. The van der Waals surface area contributed by atoms with Gasteiger partial charge >= 0.3 is 5.97 Å². The van der Waals surface area contributed by atoms with Crippen LogP contribution in [-0.4, -0.2) is 33.8 Å². The third-order valence-electron chi connectivity index (χ3n) is 3.20. The Kier molecular flexibility index (Phi) is 3.66. The van der Waals surface area contributed by atoms with Gasteiger partial charge in [-0.05, 0) is 24.5 Å². The van der Waals surface area contributed by atoms with Crippen molar-refractivity contribution in [2.75, 3.05) is 32.7 Å². The Bertz CT molecular complexity index is 488. The maximum Gasteiger partial charge on any atom is 0.343 e. The lowest BCUT2D eigenvalue weighted by Gasteiger charge is -2.30. The lowest BCUT2D eigenvalue weighted by atomic mass is 9.97. The molecular formula is C13H16ClNO3. The van der Waals surface area contributed by atoms with E-state index in [1.807, 2.05) is 18.0 Å². The Morgan fingerprint density at radius 2 is 2.17 bits per heavy atom. The molecule has 0 unspecified atom stereocenters. The molecule has 0 spiro atoms. The molecule has 0 aromatic heterocycles. The lowest BCUT2D eigenvalue weighted by molar-refractivity contribution is 0.0597. The van der Waals surface area contributed by atoms with Gasteiger partial charge in [0.1, 0.15) is 5.56 Å². The number of esters is 1. The van der Waals surface area contributed by atoms with E-state index in [-0.39, 0.29) is 0 Å². The standard InChI is InChI=1S/C13H16ClNO3/c1-15-6-4-5-8-7-9(14)12(17-2)10(11(8)15)13(16)18-3/h7H,4-6H2,1-3H3. The van der Waals surface area contributed by atoms with Crippen molar-refractivity contribution in [3.05, 3.63) is 22.2 Å². The number of ether oxygens (including phenoxy) is 2. The van der Waals surface area contributed by atoms with Gasteiger partial charge in [-0.15, -0.1) is 0 Å². The second-order valence-electron chi connectivity index (χ2n) is 4.29. The van der Waals surface area contributed by atoms with Gasteiger partial charge in [0.25, 0.3) is 0 Å². The molecule has 0 bridgehead atoms. The third kappa shape index (κ3) is 2.01. The molecule has 18 heavy (non-hydrogen) atoms. The largest absolute Gasteiger partial charge is 0.494 e. The fraction of sp³-hybridized carbons (Fsp3) is 0.462. The number of benzene rings is 1. The summed E-state index contributed by atoms with van der Waals surface area (Å²) in [5, 5.41) is 0.451. The Balaban J connectivity index is 2.71. The molecule has 2 rings (SSSR count). The van der Waals surface area contributed by atoms with Gasteiger partial charge < -0.3 is 14.4 Å². The molecule has 1 aliphatic rings. The van der Waals surface area contributed by atoms with Crippen LogP contribution in [0.5, 0.6) is 5.75 Å². The number of rotatable bonds is 2. The van der Waals surface area contributed by atoms with Gasteiger partial charge in [0, 0.05) is 13.6 Å². The van der Waals surface area contributed by atoms with Crippen LogP contribution in [0.2, 0.25) is 5.02 Å². The molecule has 0 fully saturated rings. The number of hydrogen-bond acceptors (Lipinski definition) is 4. The first kappa shape index (κ1) is 13.0. The van der Waals surface area contributed by atoms with Crippen molar-refractivity contribution in [2.24, 2.45) is 0 Å². The molecule has 0 N–H and O–H groups in total. The zero-order valence-corrected chi connectivity index (χ0v) is 11.5. The van der Waals surface area contributed by atoms with Crippen molar-refractivity contribution in [1.29, 1.82) is 0 Å². The zero-order valence-electron chi connectivity index (χ0n) is 10.7. The number of carbonyl (C=O) groups excluding carboxylic acids is 1. The van der Waals surface area contributed by atoms with Crippen LogP contribution in [0.15, 0.2) is 6.07 Å². The molecule has 4 nitrogen and oxygen atoms in total. The molecule has 5 heteroatoms.